The molecular weight excluding hydrogens is 228 g/mol. The van der Waals surface area contributed by atoms with Crippen molar-refractivity contribution in [1.82, 2.24) is 4.90 Å². The second kappa shape index (κ2) is 5.40. The Balaban J connectivity index is 1.86. The first-order valence-corrected chi connectivity index (χ1v) is 6.33. The van der Waals surface area contributed by atoms with Crippen LogP contribution in [0.25, 0.3) is 0 Å². The number of carbonyl (C=O) groups is 1. The van der Waals surface area contributed by atoms with Gasteiger partial charge in [-0.15, -0.1) is 0 Å². The number of hydrogen-bond acceptors (Lipinski definition) is 3. The van der Waals surface area contributed by atoms with Crippen LogP contribution in [0.15, 0.2) is 24.3 Å². The second-order valence-corrected chi connectivity index (χ2v) is 5.13. The maximum absolute atomic E-state index is 12.0. The van der Waals surface area contributed by atoms with Crippen LogP contribution < -0.4 is 5.73 Å². The highest BCUT2D eigenvalue weighted by Gasteiger charge is 2.30. The molecule has 0 spiro atoms. The average Bonchev–Trinajstić information content (AvgIpc) is 3.12. The minimum absolute atomic E-state index is 0.00382. The molecule has 1 amide bonds. The van der Waals surface area contributed by atoms with Gasteiger partial charge in [0.2, 0.25) is 5.91 Å². The molecule has 1 aliphatic rings. The Morgan fingerprint density at radius 3 is 2.89 bits per heavy atom. The van der Waals surface area contributed by atoms with Crippen LogP contribution in [0.5, 0.6) is 5.75 Å². The van der Waals surface area contributed by atoms with Crippen LogP contribution in [0.2, 0.25) is 0 Å². The number of nitrogens with two attached hydrogens (primary N) is 1. The van der Waals surface area contributed by atoms with Crippen LogP contribution in [0.1, 0.15) is 24.8 Å². The van der Waals surface area contributed by atoms with E-state index in [-0.39, 0.29) is 17.7 Å². The Bertz CT molecular complexity index is 430. The summed E-state index contributed by atoms with van der Waals surface area (Å²) in [5, 5.41) is 9.37. The molecule has 1 aliphatic carbocycles. The van der Waals surface area contributed by atoms with Crippen molar-refractivity contribution in [1.29, 1.82) is 0 Å². The molecule has 1 fully saturated rings. The third kappa shape index (κ3) is 3.47. The maximum atomic E-state index is 12.0. The number of rotatable bonds is 5. The molecular formula is C14H20N2O2. The molecule has 1 aromatic rings. The zero-order valence-electron chi connectivity index (χ0n) is 10.7. The lowest BCUT2D eigenvalue weighted by molar-refractivity contribution is -0.130. The van der Waals surface area contributed by atoms with Gasteiger partial charge in [-0.1, -0.05) is 12.1 Å². The fourth-order valence-electron chi connectivity index (χ4n) is 2.07. The summed E-state index contributed by atoms with van der Waals surface area (Å²) in [5.41, 5.74) is 6.87. The van der Waals surface area contributed by atoms with E-state index in [0.717, 1.165) is 18.4 Å². The third-order valence-corrected chi connectivity index (χ3v) is 3.39. The highest BCUT2D eigenvalue weighted by atomic mass is 16.3. The number of aromatic hydroxyl groups is 1. The number of nitrogens with zero attached hydrogens (tertiary/aromatic N) is 1. The summed E-state index contributed by atoms with van der Waals surface area (Å²) in [4.78, 5) is 13.6. The average molecular weight is 248 g/mol. The van der Waals surface area contributed by atoms with E-state index in [0.29, 0.717) is 18.9 Å². The number of amides is 1. The summed E-state index contributed by atoms with van der Waals surface area (Å²) in [6, 6.07) is 6.96. The number of benzene rings is 1. The molecule has 0 aromatic heterocycles. The molecule has 4 heteroatoms. The van der Waals surface area contributed by atoms with E-state index < -0.39 is 0 Å². The van der Waals surface area contributed by atoms with Crippen LogP contribution in [0.3, 0.4) is 0 Å². The normalized spacial score (nSPS) is 16.3. The minimum Gasteiger partial charge on any atom is -0.508 e. The van der Waals surface area contributed by atoms with Crippen molar-refractivity contribution in [2.24, 2.45) is 11.7 Å². The Hall–Kier alpha value is -1.55. The smallest absolute Gasteiger partial charge is 0.224 e. The van der Waals surface area contributed by atoms with E-state index in [9.17, 15) is 9.90 Å². The van der Waals surface area contributed by atoms with E-state index in [1.807, 2.05) is 6.07 Å². The molecule has 3 N–H and O–H groups in total. The molecule has 2 rings (SSSR count). The Morgan fingerprint density at radius 1 is 1.56 bits per heavy atom. The summed E-state index contributed by atoms with van der Waals surface area (Å²) in [7, 11) is 1.77. The predicted molar refractivity (Wildman–Crippen MR) is 69.9 cm³/mol. The lowest BCUT2D eigenvalue weighted by Crippen LogP contribution is -2.34. The molecule has 1 aromatic carbocycles. The largest absolute Gasteiger partial charge is 0.508 e. The van der Waals surface area contributed by atoms with Gasteiger partial charge in [0.05, 0.1) is 0 Å². The van der Waals surface area contributed by atoms with Gasteiger partial charge in [0.25, 0.3) is 0 Å². The first-order valence-electron chi connectivity index (χ1n) is 6.33. The van der Waals surface area contributed by atoms with Gasteiger partial charge >= 0.3 is 0 Å². The monoisotopic (exact) mass is 248 g/mol. The van der Waals surface area contributed by atoms with Gasteiger partial charge in [0.1, 0.15) is 5.75 Å². The first kappa shape index (κ1) is 12.9. The molecule has 18 heavy (non-hydrogen) atoms. The van der Waals surface area contributed by atoms with E-state index in [2.05, 4.69) is 0 Å². The van der Waals surface area contributed by atoms with Crippen molar-refractivity contribution < 1.29 is 9.90 Å². The lowest BCUT2D eigenvalue weighted by Gasteiger charge is -2.19. The molecule has 0 saturated heterocycles. The molecule has 98 valence electrons. The fourth-order valence-corrected chi connectivity index (χ4v) is 2.07. The third-order valence-electron chi connectivity index (χ3n) is 3.39. The highest BCUT2D eigenvalue weighted by molar-refractivity contribution is 5.76. The van der Waals surface area contributed by atoms with Crippen molar-refractivity contribution in [3.05, 3.63) is 29.8 Å². The topological polar surface area (TPSA) is 66.6 Å². The molecule has 0 heterocycles. The Kier molecular flexibility index (Phi) is 3.87. The van der Waals surface area contributed by atoms with E-state index in [1.165, 1.54) is 0 Å². The highest BCUT2D eigenvalue weighted by Crippen LogP contribution is 2.33. The first-order chi connectivity index (χ1) is 8.56. The van der Waals surface area contributed by atoms with Gasteiger partial charge in [-0.3, -0.25) is 4.79 Å². The number of phenolic OH excluding ortho intramolecular Hbond substituents is 1. The Morgan fingerprint density at radius 2 is 2.28 bits per heavy atom. The van der Waals surface area contributed by atoms with Crippen LogP contribution in [0.4, 0.5) is 0 Å². The number of carbonyl (C=O) groups excluding carboxylic acids is 1. The minimum atomic E-state index is 0.00382. The van der Waals surface area contributed by atoms with Crippen LogP contribution >= 0.6 is 0 Å². The SMILES string of the molecule is CN(Cc1cccc(O)c1)C(=O)CC(N)C1CC1. The van der Waals surface area contributed by atoms with E-state index in [1.54, 1.807) is 30.1 Å². The molecule has 1 unspecified atom stereocenters. The van der Waals surface area contributed by atoms with E-state index >= 15 is 0 Å². The zero-order chi connectivity index (χ0) is 13.1. The zero-order valence-corrected chi connectivity index (χ0v) is 10.7. The van der Waals surface area contributed by atoms with Gasteiger partial charge in [0, 0.05) is 26.1 Å². The quantitative estimate of drug-likeness (QED) is 0.829. The summed E-state index contributed by atoms with van der Waals surface area (Å²) >= 11 is 0. The maximum Gasteiger partial charge on any atom is 0.224 e. The summed E-state index contributed by atoms with van der Waals surface area (Å²) in [6.07, 6.45) is 2.73. The van der Waals surface area contributed by atoms with Crippen LogP contribution in [0, 0.1) is 5.92 Å². The van der Waals surface area contributed by atoms with Crippen molar-refractivity contribution in [2.75, 3.05) is 7.05 Å². The van der Waals surface area contributed by atoms with Crippen molar-refractivity contribution >= 4 is 5.91 Å². The van der Waals surface area contributed by atoms with Gasteiger partial charge < -0.3 is 15.7 Å². The van der Waals surface area contributed by atoms with Gasteiger partial charge in [-0.2, -0.15) is 0 Å². The summed E-state index contributed by atoms with van der Waals surface area (Å²) in [6.45, 7) is 0.505. The second-order valence-electron chi connectivity index (χ2n) is 5.13. The molecule has 0 bridgehead atoms. The Labute approximate surface area is 107 Å². The van der Waals surface area contributed by atoms with Crippen LogP contribution in [-0.2, 0) is 11.3 Å². The van der Waals surface area contributed by atoms with Gasteiger partial charge in [-0.25, -0.2) is 0 Å². The molecule has 0 radical (unpaired) electrons. The van der Waals surface area contributed by atoms with Crippen molar-refractivity contribution in [2.45, 2.75) is 31.8 Å². The molecule has 1 saturated carbocycles. The standard InChI is InChI=1S/C14H20N2O2/c1-16(9-10-3-2-4-12(17)7-10)14(18)8-13(15)11-5-6-11/h2-4,7,11,13,17H,5-6,8-9,15H2,1H3. The summed E-state index contributed by atoms with van der Waals surface area (Å²) < 4.78 is 0. The van der Waals surface area contributed by atoms with Gasteiger partial charge in [0.15, 0.2) is 0 Å². The number of phenols is 1. The molecule has 4 nitrogen and oxygen atoms in total. The van der Waals surface area contributed by atoms with Crippen LogP contribution in [-0.4, -0.2) is 29.0 Å². The van der Waals surface area contributed by atoms with Crippen molar-refractivity contribution in [3.8, 4) is 5.75 Å². The van der Waals surface area contributed by atoms with Crippen molar-refractivity contribution in [3.63, 3.8) is 0 Å². The summed E-state index contributed by atoms with van der Waals surface area (Å²) in [5.74, 6) is 0.837. The fraction of sp³-hybridized carbons (Fsp3) is 0.500. The number of hydrogen-bond donors (Lipinski definition) is 2. The molecule has 1 atom stereocenters. The molecule has 0 aliphatic heterocycles. The lowest BCUT2D eigenvalue weighted by atomic mass is 10.1. The van der Waals surface area contributed by atoms with E-state index in [4.69, 9.17) is 5.73 Å². The van der Waals surface area contributed by atoms with Gasteiger partial charge in [-0.05, 0) is 36.5 Å². The predicted octanol–water partition coefficient (Wildman–Crippen LogP) is 1.48.